The van der Waals surface area contributed by atoms with E-state index < -0.39 is 5.82 Å². The zero-order chi connectivity index (χ0) is 15.0. The standard InChI is InChI=1S/C13H8BrClFN5/c14-9-5-4-7(16)6-11(9)21-13(18-19-20-21)8-2-1-3-10(17)12(8)15/h1-6H,17H2. The number of rotatable bonds is 2. The Morgan fingerprint density at radius 3 is 2.86 bits per heavy atom. The van der Waals surface area contributed by atoms with E-state index in [0.29, 0.717) is 32.3 Å². The molecule has 1 aromatic heterocycles. The predicted molar refractivity (Wildman–Crippen MR) is 81.7 cm³/mol. The highest BCUT2D eigenvalue weighted by Gasteiger charge is 2.17. The van der Waals surface area contributed by atoms with Gasteiger partial charge < -0.3 is 5.73 Å². The molecule has 3 rings (SSSR count). The Morgan fingerprint density at radius 1 is 1.24 bits per heavy atom. The molecule has 0 bridgehead atoms. The van der Waals surface area contributed by atoms with Gasteiger partial charge in [-0.2, -0.15) is 4.68 Å². The maximum atomic E-state index is 13.5. The first-order valence-corrected chi connectivity index (χ1v) is 7.03. The third-order valence-corrected chi connectivity index (χ3v) is 3.97. The number of hydrogen-bond donors (Lipinski definition) is 1. The fourth-order valence-corrected chi connectivity index (χ4v) is 2.51. The number of nitrogen functional groups attached to an aromatic ring is 1. The van der Waals surface area contributed by atoms with Crippen molar-refractivity contribution in [3.05, 3.63) is 51.7 Å². The quantitative estimate of drug-likeness (QED) is 0.703. The van der Waals surface area contributed by atoms with Gasteiger partial charge in [-0.1, -0.05) is 17.7 Å². The van der Waals surface area contributed by atoms with E-state index in [1.165, 1.54) is 16.8 Å². The highest BCUT2D eigenvalue weighted by molar-refractivity contribution is 9.10. The van der Waals surface area contributed by atoms with Gasteiger partial charge in [0.15, 0.2) is 5.82 Å². The van der Waals surface area contributed by atoms with Crippen LogP contribution in [0.3, 0.4) is 0 Å². The van der Waals surface area contributed by atoms with Gasteiger partial charge in [-0.05, 0) is 50.6 Å². The number of anilines is 1. The summed E-state index contributed by atoms with van der Waals surface area (Å²) in [4.78, 5) is 0. The lowest BCUT2D eigenvalue weighted by molar-refractivity contribution is 0.624. The largest absolute Gasteiger partial charge is 0.398 e. The van der Waals surface area contributed by atoms with Gasteiger partial charge >= 0.3 is 0 Å². The van der Waals surface area contributed by atoms with Crippen molar-refractivity contribution in [2.24, 2.45) is 0 Å². The van der Waals surface area contributed by atoms with Crippen LogP contribution in [0.4, 0.5) is 10.1 Å². The Kier molecular flexibility index (Phi) is 3.60. The summed E-state index contributed by atoms with van der Waals surface area (Å²) in [5.41, 5.74) is 7.24. The zero-order valence-electron chi connectivity index (χ0n) is 10.5. The summed E-state index contributed by atoms with van der Waals surface area (Å²) in [6.07, 6.45) is 0. The molecule has 0 saturated carbocycles. The van der Waals surface area contributed by atoms with Gasteiger partial charge in [0.25, 0.3) is 0 Å². The van der Waals surface area contributed by atoms with E-state index in [2.05, 4.69) is 31.5 Å². The van der Waals surface area contributed by atoms with Gasteiger partial charge in [0.05, 0.1) is 16.4 Å². The topological polar surface area (TPSA) is 69.6 Å². The van der Waals surface area contributed by atoms with E-state index in [0.717, 1.165) is 0 Å². The van der Waals surface area contributed by atoms with Crippen molar-refractivity contribution in [1.29, 1.82) is 0 Å². The van der Waals surface area contributed by atoms with Crippen LogP contribution in [0.1, 0.15) is 0 Å². The van der Waals surface area contributed by atoms with E-state index in [-0.39, 0.29) is 0 Å². The monoisotopic (exact) mass is 367 g/mol. The second-order valence-corrected chi connectivity index (χ2v) is 5.45. The van der Waals surface area contributed by atoms with Crippen molar-refractivity contribution in [2.75, 3.05) is 5.73 Å². The van der Waals surface area contributed by atoms with Crippen molar-refractivity contribution in [3.63, 3.8) is 0 Å². The van der Waals surface area contributed by atoms with E-state index >= 15 is 0 Å². The first-order valence-electron chi connectivity index (χ1n) is 5.86. The van der Waals surface area contributed by atoms with Gasteiger partial charge in [-0.15, -0.1) is 5.10 Å². The van der Waals surface area contributed by atoms with Gasteiger partial charge in [0.1, 0.15) is 5.82 Å². The molecule has 0 aliphatic heterocycles. The summed E-state index contributed by atoms with van der Waals surface area (Å²) in [5, 5.41) is 11.8. The molecule has 1 heterocycles. The Hall–Kier alpha value is -1.99. The molecule has 0 atom stereocenters. The second kappa shape index (κ2) is 5.42. The number of nitrogens with two attached hydrogens (primary N) is 1. The molecule has 2 aromatic carbocycles. The van der Waals surface area contributed by atoms with Crippen LogP contribution in [0, 0.1) is 5.82 Å². The summed E-state index contributed by atoms with van der Waals surface area (Å²) in [6, 6.07) is 9.41. The van der Waals surface area contributed by atoms with Crippen LogP contribution in [0.2, 0.25) is 5.02 Å². The molecular weight excluding hydrogens is 361 g/mol. The summed E-state index contributed by atoms with van der Waals surface area (Å²) in [6.45, 7) is 0. The summed E-state index contributed by atoms with van der Waals surface area (Å²) < 4.78 is 15.5. The van der Waals surface area contributed by atoms with Gasteiger partial charge in [-0.25, -0.2) is 4.39 Å². The van der Waals surface area contributed by atoms with Crippen LogP contribution in [-0.4, -0.2) is 20.2 Å². The molecule has 0 fully saturated rings. The lowest BCUT2D eigenvalue weighted by Crippen LogP contribution is -2.02. The van der Waals surface area contributed by atoms with E-state index in [4.69, 9.17) is 17.3 Å². The zero-order valence-corrected chi connectivity index (χ0v) is 12.8. The van der Waals surface area contributed by atoms with Crippen LogP contribution < -0.4 is 5.73 Å². The fourth-order valence-electron chi connectivity index (χ4n) is 1.89. The minimum atomic E-state index is -0.395. The van der Waals surface area contributed by atoms with Gasteiger partial charge in [-0.3, -0.25) is 0 Å². The summed E-state index contributed by atoms with van der Waals surface area (Å²) >= 11 is 9.55. The average Bonchev–Trinajstić information content (AvgIpc) is 2.93. The molecule has 0 spiro atoms. The minimum Gasteiger partial charge on any atom is -0.398 e. The Balaban J connectivity index is 2.22. The highest BCUT2D eigenvalue weighted by Crippen LogP contribution is 2.32. The number of aromatic nitrogens is 4. The van der Waals surface area contributed by atoms with Crippen molar-refractivity contribution in [3.8, 4) is 17.1 Å². The van der Waals surface area contributed by atoms with Crippen LogP contribution in [0.15, 0.2) is 40.9 Å². The number of benzene rings is 2. The lowest BCUT2D eigenvalue weighted by Gasteiger charge is -2.09. The van der Waals surface area contributed by atoms with Crippen molar-refractivity contribution in [2.45, 2.75) is 0 Å². The Bertz CT molecular complexity index is 804. The van der Waals surface area contributed by atoms with E-state index in [9.17, 15) is 4.39 Å². The molecule has 0 aliphatic carbocycles. The molecule has 21 heavy (non-hydrogen) atoms. The smallest absolute Gasteiger partial charge is 0.188 e. The normalized spacial score (nSPS) is 10.8. The number of tetrazole rings is 1. The highest BCUT2D eigenvalue weighted by atomic mass is 79.9. The number of hydrogen-bond acceptors (Lipinski definition) is 4. The Morgan fingerprint density at radius 2 is 2.05 bits per heavy atom. The van der Waals surface area contributed by atoms with E-state index in [1.807, 2.05) is 0 Å². The third kappa shape index (κ3) is 2.50. The maximum absolute atomic E-state index is 13.5. The van der Waals surface area contributed by atoms with Crippen LogP contribution in [-0.2, 0) is 0 Å². The molecule has 0 radical (unpaired) electrons. The number of halogens is 3. The molecule has 0 unspecified atom stereocenters. The molecule has 0 amide bonds. The minimum absolute atomic E-state index is 0.348. The maximum Gasteiger partial charge on any atom is 0.188 e. The molecule has 106 valence electrons. The lowest BCUT2D eigenvalue weighted by atomic mass is 10.2. The van der Waals surface area contributed by atoms with Crippen molar-refractivity contribution >= 4 is 33.2 Å². The molecule has 0 saturated heterocycles. The van der Waals surface area contributed by atoms with Crippen LogP contribution >= 0.6 is 27.5 Å². The van der Waals surface area contributed by atoms with Gasteiger partial charge in [0.2, 0.25) is 0 Å². The average molecular weight is 369 g/mol. The van der Waals surface area contributed by atoms with Crippen molar-refractivity contribution in [1.82, 2.24) is 20.2 Å². The van der Waals surface area contributed by atoms with Crippen LogP contribution in [0.25, 0.3) is 17.1 Å². The van der Waals surface area contributed by atoms with Crippen molar-refractivity contribution < 1.29 is 4.39 Å². The van der Waals surface area contributed by atoms with E-state index in [1.54, 1.807) is 24.3 Å². The molecular formula is C13H8BrClFN5. The molecule has 3 aromatic rings. The van der Waals surface area contributed by atoms with Crippen LogP contribution in [0.5, 0.6) is 0 Å². The number of nitrogens with zero attached hydrogens (tertiary/aromatic N) is 4. The SMILES string of the molecule is Nc1cccc(-c2nnnn2-c2cc(F)ccc2Br)c1Cl. The first kappa shape index (κ1) is 14.0. The third-order valence-electron chi connectivity index (χ3n) is 2.88. The second-order valence-electron chi connectivity index (χ2n) is 4.22. The van der Waals surface area contributed by atoms with Gasteiger partial charge in [0, 0.05) is 16.1 Å². The summed E-state index contributed by atoms with van der Waals surface area (Å²) in [7, 11) is 0. The first-order chi connectivity index (χ1) is 10.1. The molecule has 5 nitrogen and oxygen atoms in total. The molecule has 0 aliphatic rings. The summed E-state index contributed by atoms with van der Waals surface area (Å²) in [5.74, 6) is -0.0214. The molecule has 2 N–H and O–H groups in total. The Labute approximate surface area is 132 Å². The fraction of sp³-hybridized carbons (Fsp3) is 0. The molecule has 8 heteroatoms. The predicted octanol–water partition coefficient (Wildman–Crippen LogP) is 3.47.